The first-order valence-electron chi connectivity index (χ1n) is 13.3. The molecule has 0 spiro atoms. The minimum atomic E-state index is -0.512. The van der Waals surface area contributed by atoms with Crippen LogP contribution in [0.15, 0.2) is 51.7 Å². The van der Waals surface area contributed by atoms with E-state index in [1.807, 2.05) is 43.3 Å². The van der Waals surface area contributed by atoms with Gasteiger partial charge in [0.1, 0.15) is 11.3 Å². The summed E-state index contributed by atoms with van der Waals surface area (Å²) in [5.74, 6) is 1.22. The molecule has 3 heterocycles. The van der Waals surface area contributed by atoms with Gasteiger partial charge < -0.3 is 18.8 Å². The van der Waals surface area contributed by atoms with Crippen LogP contribution in [-0.4, -0.2) is 61.7 Å². The third kappa shape index (κ3) is 5.43. The number of hydrogen-bond donors (Lipinski definition) is 0. The molecule has 196 valence electrons. The van der Waals surface area contributed by atoms with Gasteiger partial charge in [0.05, 0.1) is 36.8 Å². The van der Waals surface area contributed by atoms with Gasteiger partial charge in [-0.2, -0.15) is 0 Å². The van der Waals surface area contributed by atoms with Gasteiger partial charge in [0.25, 0.3) is 5.91 Å². The van der Waals surface area contributed by atoms with E-state index in [-0.39, 0.29) is 17.1 Å². The molecule has 2 aliphatic heterocycles. The first-order valence-corrected chi connectivity index (χ1v) is 13.3. The zero-order chi connectivity index (χ0) is 25.9. The number of amides is 1. The number of aryl methyl sites for hydroxylation is 1. The van der Waals surface area contributed by atoms with E-state index in [1.165, 1.54) is 0 Å². The predicted molar refractivity (Wildman–Crippen MR) is 143 cm³/mol. The van der Waals surface area contributed by atoms with Crippen LogP contribution < -0.4 is 10.2 Å². The van der Waals surface area contributed by atoms with E-state index in [2.05, 4.69) is 18.7 Å². The summed E-state index contributed by atoms with van der Waals surface area (Å²) in [5, 5.41) is 0.510. The lowest BCUT2D eigenvalue weighted by Gasteiger charge is -2.29. The highest BCUT2D eigenvalue weighted by atomic mass is 16.5. The van der Waals surface area contributed by atoms with Crippen molar-refractivity contribution in [2.45, 2.75) is 39.7 Å². The second-order valence-corrected chi connectivity index (χ2v) is 10.5. The molecule has 0 saturated carbocycles. The van der Waals surface area contributed by atoms with Crippen molar-refractivity contribution in [3.8, 4) is 5.75 Å². The van der Waals surface area contributed by atoms with Gasteiger partial charge in [0, 0.05) is 26.2 Å². The fraction of sp³-hybridized carbons (Fsp3) is 0.467. The third-order valence-corrected chi connectivity index (χ3v) is 7.24. The molecule has 2 aromatic carbocycles. The predicted octanol–water partition coefficient (Wildman–Crippen LogP) is 4.79. The number of carbonyl (C=O) groups is 1. The van der Waals surface area contributed by atoms with Gasteiger partial charge in [-0.3, -0.25) is 14.5 Å². The Morgan fingerprint density at radius 2 is 1.86 bits per heavy atom. The van der Waals surface area contributed by atoms with E-state index in [9.17, 15) is 9.59 Å². The Bertz CT molecular complexity index is 1330. The van der Waals surface area contributed by atoms with Gasteiger partial charge in [-0.25, -0.2) is 0 Å². The minimum absolute atomic E-state index is 0.139. The molecule has 2 aliphatic rings. The van der Waals surface area contributed by atoms with Crippen molar-refractivity contribution in [1.82, 2.24) is 9.80 Å². The lowest BCUT2D eigenvalue weighted by molar-refractivity contribution is 0.0353. The molecular formula is C30H36N2O5. The Kier molecular flexibility index (Phi) is 7.63. The lowest BCUT2D eigenvalue weighted by Crippen LogP contribution is -2.38. The molecule has 7 nitrogen and oxygen atoms in total. The molecule has 0 aliphatic carbocycles. The summed E-state index contributed by atoms with van der Waals surface area (Å²) in [6, 6.07) is 12.8. The number of fused-ring (bicyclic) bond motifs is 2. The summed E-state index contributed by atoms with van der Waals surface area (Å²) >= 11 is 0. The maximum Gasteiger partial charge on any atom is 0.290 e. The maximum atomic E-state index is 13.8. The fourth-order valence-electron chi connectivity index (χ4n) is 5.19. The first-order chi connectivity index (χ1) is 17.9. The molecule has 1 fully saturated rings. The number of benzene rings is 2. The molecule has 1 unspecified atom stereocenters. The number of carbonyl (C=O) groups excluding carboxylic acids is 1. The Hall–Kier alpha value is -3.16. The van der Waals surface area contributed by atoms with Crippen molar-refractivity contribution < 1.29 is 18.7 Å². The molecule has 1 saturated heterocycles. The van der Waals surface area contributed by atoms with Crippen LogP contribution in [0.2, 0.25) is 0 Å². The van der Waals surface area contributed by atoms with E-state index in [0.717, 1.165) is 62.6 Å². The summed E-state index contributed by atoms with van der Waals surface area (Å²) < 4.78 is 17.6. The highest BCUT2D eigenvalue weighted by Gasteiger charge is 2.42. The van der Waals surface area contributed by atoms with Crippen LogP contribution in [0.1, 0.15) is 60.0 Å². The average molecular weight is 505 g/mol. The van der Waals surface area contributed by atoms with Gasteiger partial charge in [-0.15, -0.1) is 0 Å². The number of morpholine rings is 1. The second-order valence-electron chi connectivity index (χ2n) is 10.5. The van der Waals surface area contributed by atoms with Crippen molar-refractivity contribution in [3.63, 3.8) is 0 Å². The lowest BCUT2D eigenvalue weighted by atomic mass is 9.98. The largest absolute Gasteiger partial charge is 0.494 e. The van der Waals surface area contributed by atoms with E-state index in [0.29, 0.717) is 35.6 Å². The quantitative estimate of drug-likeness (QED) is 0.417. The summed E-state index contributed by atoms with van der Waals surface area (Å²) in [6.45, 7) is 11.6. The maximum absolute atomic E-state index is 13.8. The van der Waals surface area contributed by atoms with E-state index in [4.69, 9.17) is 13.9 Å². The normalized spacial score (nSPS) is 18.1. The number of nitrogens with zero attached hydrogens (tertiary/aromatic N) is 2. The van der Waals surface area contributed by atoms with Gasteiger partial charge in [0.2, 0.25) is 5.76 Å². The molecule has 1 amide bonds. The smallest absolute Gasteiger partial charge is 0.290 e. The molecule has 1 atom stereocenters. The Morgan fingerprint density at radius 3 is 2.65 bits per heavy atom. The number of hydrogen-bond acceptors (Lipinski definition) is 6. The molecule has 1 aromatic heterocycles. The molecule has 0 bridgehead atoms. The van der Waals surface area contributed by atoms with Gasteiger partial charge in [0.15, 0.2) is 5.43 Å². The summed E-state index contributed by atoms with van der Waals surface area (Å²) in [7, 11) is 0. The fourth-order valence-corrected chi connectivity index (χ4v) is 5.19. The highest BCUT2D eigenvalue weighted by molar-refractivity contribution is 5.99. The third-order valence-electron chi connectivity index (χ3n) is 7.24. The number of rotatable bonds is 9. The van der Waals surface area contributed by atoms with Crippen molar-refractivity contribution in [2.24, 2.45) is 5.92 Å². The van der Waals surface area contributed by atoms with Crippen molar-refractivity contribution in [2.75, 3.05) is 46.0 Å². The van der Waals surface area contributed by atoms with Crippen LogP contribution in [-0.2, 0) is 4.74 Å². The van der Waals surface area contributed by atoms with Crippen molar-refractivity contribution >= 4 is 16.9 Å². The molecular weight excluding hydrogens is 468 g/mol. The average Bonchev–Trinajstić information content (AvgIpc) is 3.17. The van der Waals surface area contributed by atoms with Crippen LogP contribution in [0.5, 0.6) is 5.75 Å². The standard InChI is InChI=1S/C30H36N2O5/c1-20(2)10-15-36-23-7-4-6-22(19-23)27-26-28(33)24-18-21(3)8-9-25(24)37-29(26)30(34)32(27)12-5-11-31-13-16-35-17-14-31/h4,6-9,18-20,27H,5,10-17H2,1-3H3. The second kappa shape index (κ2) is 11.1. The molecule has 0 N–H and O–H groups in total. The monoisotopic (exact) mass is 504 g/mol. The topological polar surface area (TPSA) is 72.2 Å². The van der Waals surface area contributed by atoms with Crippen LogP contribution in [0.4, 0.5) is 0 Å². The van der Waals surface area contributed by atoms with Gasteiger partial charge in [-0.05, 0) is 55.5 Å². The Morgan fingerprint density at radius 1 is 1.05 bits per heavy atom. The van der Waals surface area contributed by atoms with Crippen LogP contribution in [0.3, 0.4) is 0 Å². The SMILES string of the molecule is Cc1ccc2oc3c(c(=O)c2c1)C(c1cccc(OCCC(C)C)c1)N(CCCN1CCOCC1)C3=O. The first kappa shape index (κ1) is 25.5. The summed E-state index contributed by atoms with van der Waals surface area (Å²) in [5.41, 5.74) is 2.57. The molecule has 0 radical (unpaired) electrons. The van der Waals surface area contributed by atoms with E-state index >= 15 is 0 Å². The van der Waals surface area contributed by atoms with E-state index < -0.39 is 6.04 Å². The van der Waals surface area contributed by atoms with E-state index in [1.54, 1.807) is 11.0 Å². The van der Waals surface area contributed by atoms with Crippen LogP contribution in [0, 0.1) is 12.8 Å². The summed E-state index contributed by atoms with van der Waals surface area (Å²) in [6.07, 6.45) is 1.76. The van der Waals surface area contributed by atoms with Crippen LogP contribution >= 0.6 is 0 Å². The summed E-state index contributed by atoms with van der Waals surface area (Å²) in [4.78, 5) is 31.7. The zero-order valence-corrected chi connectivity index (χ0v) is 22.0. The van der Waals surface area contributed by atoms with Gasteiger partial charge >= 0.3 is 0 Å². The molecule has 37 heavy (non-hydrogen) atoms. The Labute approximate surface area is 218 Å². The molecule has 7 heteroatoms. The number of ether oxygens (including phenoxy) is 2. The van der Waals surface area contributed by atoms with Gasteiger partial charge in [-0.1, -0.05) is 37.6 Å². The van der Waals surface area contributed by atoms with Crippen LogP contribution in [0.25, 0.3) is 11.0 Å². The molecule has 5 rings (SSSR count). The highest BCUT2D eigenvalue weighted by Crippen LogP contribution is 2.39. The zero-order valence-electron chi connectivity index (χ0n) is 22.0. The van der Waals surface area contributed by atoms with Crippen molar-refractivity contribution in [1.29, 1.82) is 0 Å². The Balaban J connectivity index is 1.50. The molecule has 3 aromatic rings. The van der Waals surface area contributed by atoms with Crippen molar-refractivity contribution in [3.05, 3.63) is 75.1 Å². The minimum Gasteiger partial charge on any atom is -0.494 e.